The topological polar surface area (TPSA) is 93.9 Å². The lowest BCUT2D eigenvalue weighted by atomic mass is 10.3. The average Bonchev–Trinajstić information content (AvgIpc) is 3.09. The molecule has 142 valence electrons. The Morgan fingerprint density at radius 3 is 2.56 bits per heavy atom. The monoisotopic (exact) mass is 408 g/mol. The molecule has 0 spiro atoms. The number of carbonyl (C=O) groups is 1. The fourth-order valence-electron chi connectivity index (χ4n) is 2.60. The lowest BCUT2D eigenvalue weighted by Crippen LogP contribution is -2.36. The van der Waals surface area contributed by atoms with Gasteiger partial charge in [0.2, 0.25) is 0 Å². The number of esters is 1. The van der Waals surface area contributed by atoms with Gasteiger partial charge in [0.05, 0.1) is 12.8 Å². The summed E-state index contributed by atoms with van der Waals surface area (Å²) in [5.41, 5.74) is 0.472. The zero-order chi connectivity index (χ0) is 19.6. The molecule has 0 unspecified atom stereocenters. The van der Waals surface area contributed by atoms with E-state index in [1.807, 2.05) is 6.92 Å². The van der Waals surface area contributed by atoms with Crippen molar-refractivity contribution in [3.8, 4) is 0 Å². The number of aromatic nitrogens is 3. The van der Waals surface area contributed by atoms with Crippen molar-refractivity contribution in [2.24, 2.45) is 0 Å². The summed E-state index contributed by atoms with van der Waals surface area (Å²) in [5.74, 6) is -0.0655. The molecule has 0 aliphatic heterocycles. The summed E-state index contributed by atoms with van der Waals surface area (Å²) in [6.07, 6.45) is 2.29. The number of halogens is 1. The third-order valence-electron chi connectivity index (χ3n) is 3.97. The van der Waals surface area contributed by atoms with Crippen LogP contribution in [0.2, 0.25) is 5.02 Å². The van der Waals surface area contributed by atoms with Crippen molar-refractivity contribution in [1.82, 2.24) is 14.6 Å². The minimum Gasteiger partial charge on any atom is -0.468 e. The molecule has 0 fully saturated rings. The first-order valence-electron chi connectivity index (χ1n) is 8.06. The van der Waals surface area contributed by atoms with E-state index < -0.39 is 22.5 Å². The van der Waals surface area contributed by atoms with E-state index in [0.717, 1.165) is 4.31 Å². The Labute approximate surface area is 161 Å². The molecule has 27 heavy (non-hydrogen) atoms. The number of pyridine rings is 1. The second-order valence-electron chi connectivity index (χ2n) is 5.60. The van der Waals surface area contributed by atoms with E-state index in [2.05, 4.69) is 14.9 Å². The third-order valence-corrected chi connectivity index (χ3v) is 6.02. The maximum Gasteiger partial charge on any atom is 0.326 e. The minimum atomic E-state index is -4.13. The Balaban J connectivity index is 2.17. The van der Waals surface area contributed by atoms with Crippen molar-refractivity contribution in [2.45, 2.75) is 18.2 Å². The molecule has 0 saturated carbocycles. The zero-order valence-electron chi connectivity index (χ0n) is 14.7. The molecule has 8 nitrogen and oxygen atoms in total. The third kappa shape index (κ3) is 3.60. The molecular formula is C17H17ClN4O4S. The smallest absolute Gasteiger partial charge is 0.326 e. The summed E-state index contributed by atoms with van der Waals surface area (Å²) in [6, 6.07) is 9.15. The normalized spacial score (nSPS) is 11.5. The van der Waals surface area contributed by atoms with Gasteiger partial charge in [-0.05, 0) is 36.4 Å². The van der Waals surface area contributed by atoms with Crippen molar-refractivity contribution in [2.75, 3.05) is 18.0 Å². The lowest BCUT2D eigenvalue weighted by Gasteiger charge is -2.23. The highest BCUT2D eigenvalue weighted by Gasteiger charge is 2.30. The van der Waals surface area contributed by atoms with E-state index in [0.29, 0.717) is 17.3 Å². The van der Waals surface area contributed by atoms with Gasteiger partial charge in [0, 0.05) is 17.6 Å². The molecular weight excluding hydrogens is 392 g/mol. The van der Waals surface area contributed by atoms with E-state index in [9.17, 15) is 13.2 Å². The summed E-state index contributed by atoms with van der Waals surface area (Å²) in [4.78, 5) is 11.8. The second kappa shape index (κ2) is 7.53. The van der Waals surface area contributed by atoms with E-state index in [4.69, 9.17) is 11.6 Å². The van der Waals surface area contributed by atoms with Gasteiger partial charge in [-0.2, -0.15) is 0 Å². The highest BCUT2D eigenvalue weighted by molar-refractivity contribution is 7.93. The molecule has 2 aromatic heterocycles. The molecule has 2 heterocycles. The van der Waals surface area contributed by atoms with Crippen LogP contribution in [-0.2, 0) is 26.0 Å². The molecule has 0 amide bonds. The van der Waals surface area contributed by atoms with Gasteiger partial charge in [0.15, 0.2) is 5.65 Å². The molecule has 1 aromatic carbocycles. The van der Waals surface area contributed by atoms with Crippen molar-refractivity contribution >= 4 is 38.9 Å². The van der Waals surface area contributed by atoms with Gasteiger partial charge in [0.25, 0.3) is 10.0 Å². The van der Waals surface area contributed by atoms with Crippen LogP contribution in [0.25, 0.3) is 5.65 Å². The van der Waals surface area contributed by atoms with Crippen LogP contribution in [0.3, 0.4) is 0 Å². The highest BCUT2D eigenvalue weighted by Crippen LogP contribution is 2.27. The number of ether oxygens (including phenoxy) is 1. The van der Waals surface area contributed by atoms with Crippen LogP contribution in [0.4, 0.5) is 5.69 Å². The van der Waals surface area contributed by atoms with Gasteiger partial charge in [-0.25, -0.2) is 8.42 Å². The number of aryl methyl sites for hydroxylation is 1. The number of hydrogen-bond acceptors (Lipinski definition) is 6. The Hall–Kier alpha value is -2.65. The van der Waals surface area contributed by atoms with Gasteiger partial charge in [-0.1, -0.05) is 18.5 Å². The van der Waals surface area contributed by atoms with Crippen LogP contribution in [-0.4, -0.2) is 42.6 Å². The van der Waals surface area contributed by atoms with Gasteiger partial charge >= 0.3 is 5.97 Å². The van der Waals surface area contributed by atoms with Crippen molar-refractivity contribution < 1.29 is 17.9 Å². The molecule has 0 aliphatic carbocycles. The Bertz CT molecular complexity index is 1080. The quantitative estimate of drug-likeness (QED) is 0.581. The molecule has 0 radical (unpaired) electrons. The van der Waals surface area contributed by atoms with Crippen LogP contribution < -0.4 is 4.31 Å². The summed E-state index contributed by atoms with van der Waals surface area (Å²) in [6.45, 7) is 1.41. The first-order chi connectivity index (χ1) is 12.9. The predicted octanol–water partition coefficient (Wildman–Crippen LogP) is 2.31. The molecule has 10 heteroatoms. The summed E-state index contributed by atoms with van der Waals surface area (Å²) in [5, 5.41) is 8.49. The van der Waals surface area contributed by atoms with Gasteiger partial charge in [0.1, 0.15) is 17.3 Å². The van der Waals surface area contributed by atoms with Crippen LogP contribution in [0, 0.1) is 0 Å². The maximum absolute atomic E-state index is 13.4. The van der Waals surface area contributed by atoms with Crippen molar-refractivity contribution in [1.29, 1.82) is 0 Å². The van der Waals surface area contributed by atoms with Crippen LogP contribution in [0.5, 0.6) is 0 Å². The average molecular weight is 409 g/mol. The Morgan fingerprint density at radius 1 is 1.22 bits per heavy atom. The molecule has 0 N–H and O–H groups in total. The fraction of sp³-hybridized carbons (Fsp3) is 0.235. The van der Waals surface area contributed by atoms with Gasteiger partial charge < -0.3 is 4.74 Å². The van der Waals surface area contributed by atoms with E-state index in [1.54, 1.807) is 28.8 Å². The lowest BCUT2D eigenvalue weighted by molar-refractivity contribution is -0.138. The maximum atomic E-state index is 13.4. The number of carbonyl (C=O) groups excluding carboxylic acids is 1. The first-order valence-corrected chi connectivity index (χ1v) is 9.88. The molecule has 0 atom stereocenters. The van der Waals surface area contributed by atoms with Crippen LogP contribution >= 0.6 is 11.6 Å². The predicted molar refractivity (Wildman–Crippen MR) is 100 cm³/mol. The van der Waals surface area contributed by atoms with E-state index in [-0.39, 0.29) is 16.2 Å². The summed E-state index contributed by atoms with van der Waals surface area (Å²) >= 11 is 5.90. The summed E-state index contributed by atoms with van der Waals surface area (Å²) in [7, 11) is -2.93. The summed E-state index contributed by atoms with van der Waals surface area (Å²) < 4.78 is 34.0. The van der Waals surface area contributed by atoms with Crippen LogP contribution in [0.15, 0.2) is 47.5 Å². The SMILES string of the molecule is CCc1nnc2c(S(=O)(=O)N(CC(=O)OC)c3ccc(Cl)cc3)cccn12. The van der Waals surface area contributed by atoms with Crippen molar-refractivity contribution in [3.63, 3.8) is 0 Å². The highest BCUT2D eigenvalue weighted by atomic mass is 35.5. The van der Waals surface area contributed by atoms with Gasteiger partial charge in [-0.15, -0.1) is 10.2 Å². The minimum absolute atomic E-state index is 0.0592. The zero-order valence-corrected chi connectivity index (χ0v) is 16.2. The number of fused-ring (bicyclic) bond motifs is 1. The molecule has 0 aliphatic rings. The number of anilines is 1. The number of rotatable bonds is 6. The fourth-order valence-corrected chi connectivity index (χ4v) is 4.26. The standard InChI is InChI=1S/C17H17ClN4O4S/c1-3-15-19-20-17-14(5-4-10-21(15)17)27(24,25)22(11-16(23)26-2)13-8-6-12(18)7-9-13/h4-10H,3,11H2,1-2H3. The second-order valence-corrected chi connectivity index (χ2v) is 7.87. The Morgan fingerprint density at radius 2 is 1.93 bits per heavy atom. The molecule has 0 saturated heterocycles. The first kappa shape index (κ1) is 19.1. The number of hydrogen-bond donors (Lipinski definition) is 0. The largest absolute Gasteiger partial charge is 0.468 e. The molecule has 0 bridgehead atoms. The number of methoxy groups -OCH3 is 1. The van der Waals surface area contributed by atoms with Crippen molar-refractivity contribution in [3.05, 3.63) is 53.4 Å². The number of sulfonamides is 1. The number of benzene rings is 1. The Kier molecular flexibility index (Phi) is 5.33. The molecule has 3 aromatic rings. The van der Waals surface area contributed by atoms with Gasteiger partial charge in [-0.3, -0.25) is 13.5 Å². The van der Waals surface area contributed by atoms with E-state index in [1.165, 1.54) is 25.3 Å². The number of nitrogens with zero attached hydrogens (tertiary/aromatic N) is 4. The van der Waals surface area contributed by atoms with E-state index >= 15 is 0 Å². The molecule has 3 rings (SSSR count). The van der Waals surface area contributed by atoms with Crippen LogP contribution in [0.1, 0.15) is 12.7 Å².